The van der Waals surface area contributed by atoms with Crippen molar-refractivity contribution in [3.05, 3.63) is 57.6 Å². The smallest absolute Gasteiger partial charge is 0.275 e. The normalized spacial score (nSPS) is 17.1. The van der Waals surface area contributed by atoms with Gasteiger partial charge < -0.3 is 4.90 Å². The zero-order valence-corrected chi connectivity index (χ0v) is 18.5. The van der Waals surface area contributed by atoms with Gasteiger partial charge in [0.1, 0.15) is 0 Å². The highest BCUT2D eigenvalue weighted by atomic mass is 32.2. The predicted octanol–water partition coefficient (Wildman–Crippen LogP) is 1.38. The molecule has 5 rings (SSSR count). The predicted molar refractivity (Wildman–Crippen MR) is 121 cm³/mol. The van der Waals surface area contributed by atoms with Gasteiger partial charge >= 0.3 is 0 Å². The summed E-state index contributed by atoms with van der Waals surface area (Å²) in [4.78, 5) is 29.6. The van der Waals surface area contributed by atoms with Crippen molar-refractivity contribution in [3.63, 3.8) is 0 Å². The topological polar surface area (TPSA) is 76.3 Å². The molecule has 1 amide bonds. The van der Waals surface area contributed by atoms with E-state index in [-0.39, 0.29) is 11.5 Å². The van der Waals surface area contributed by atoms with Gasteiger partial charge in [-0.3, -0.25) is 19.2 Å². The lowest BCUT2D eigenvalue weighted by Crippen LogP contribution is -2.49. The summed E-state index contributed by atoms with van der Waals surface area (Å²) >= 11 is 1.86. The fourth-order valence-electron chi connectivity index (χ4n) is 4.35. The number of fused-ring (bicyclic) bond motifs is 2. The number of carbonyl (C=O) groups excluding carboxylic acids is 1. The molecule has 1 fully saturated rings. The maximum atomic E-state index is 13.1. The molecule has 2 aromatic heterocycles. The number of carbonyl (C=O) groups is 1. The average molecular weight is 439 g/mol. The molecule has 0 unspecified atom stereocenters. The van der Waals surface area contributed by atoms with Crippen molar-refractivity contribution in [1.82, 2.24) is 29.4 Å². The van der Waals surface area contributed by atoms with Crippen LogP contribution in [0.15, 0.2) is 35.1 Å². The number of aromatic nitrogens is 4. The first kappa shape index (κ1) is 20.3. The lowest BCUT2D eigenvalue weighted by atomic mass is 10.2. The van der Waals surface area contributed by atoms with Gasteiger partial charge in [-0.25, -0.2) is 4.68 Å². The third-order valence-electron chi connectivity index (χ3n) is 6.15. The second-order valence-electron chi connectivity index (χ2n) is 8.10. The highest BCUT2D eigenvalue weighted by Gasteiger charge is 2.26. The molecule has 2 aliphatic rings. The zero-order valence-electron chi connectivity index (χ0n) is 17.7. The number of para-hydroxylation sites is 1. The van der Waals surface area contributed by atoms with Crippen LogP contribution in [0.5, 0.6) is 0 Å². The monoisotopic (exact) mass is 438 g/mol. The molecule has 0 radical (unpaired) electrons. The van der Waals surface area contributed by atoms with Gasteiger partial charge in [-0.2, -0.15) is 22.0 Å². The molecule has 0 saturated carbocycles. The van der Waals surface area contributed by atoms with E-state index in [1.807, 2.05) is 48.0 Å². The molecule has 8 nitrogen and oxygen atoms in total. The standard InChI is InChI=1S/C22H26N6O2S/c1-25-19-5-3-2-4-17(19)21(24-25)22(30)27-10-7-26(8-11-27)9-12-28-20(29)14-16-15-31-13-6-18(16)23-28/h2-5,14H,6-13,15H2,1H3. The minimum Gasteiger partial charge on any atom is -0.335 e. The van der Waals surface area contributed by atoms with E-state index >= 15 is 0 Å². The molecule has 3 aromatic rings. The van der Waals surface area contributed by atoms with Gasteiger partial charge in [-0.1, -0.05) is 18.2 Å². The second kappa shape index (κ2) is 8.47. The number of rotatable bonds is 4. The Morgan fingerprint density at radius 1 is 1.10 bits per heavy atom. The third-order valence-corrected chi connectivity index (χ3v) is 7.16. The van der Waals surface area contributed by atoms with E-state index in [9.17, 15) is 9.59 Å². The summed E-state index contributed by atoms with van der Waals surface area (Å²) in [6.07, 6.45) is 0.934. The molecule has 1 saturated heterocycles. The molecular weight excluding hydrogens is 412 g/mol. The second-order valence-corrected chi connectivity index (χ2v) is 9.21. The number of piperazine rings is 1. The Hall–Kier alpha value is -2.65. The van der Waals surface area contributed by atoms with E-state index in [2.05, 4.69) is 15.1 Å². The van der Waals surface area contributed by atoms with Gasteiger partial charge in [0.15, 0.2) is 5.69 Å². The van der Waals surface area contributed by atoms with Crippen molar-refractivity contribution in [1.29, 1.82) is 0 Å². The van der Waals surface area contributed by atoms with E-state index < -0.39 is 0 Å². The van der Waals surface area contributed by atoms with Crippen LogP contribution in [0, 0.1) is 0 Å². The number of hydrogen-bond acceptors (Lipinski definition) is 6. The Morgan fingerprint density at radius 3 is 2.74 bits per heavy atom. The molecule has 2 aliphatic heterocycles. The molecule has 4 heterocycles. The molecule has 1 aromatic carbocycles. The van der Waals surface area contributed by atoms with Gasteiger partial charge in [0.2, 0.25) is 0 Å². The Morgan fingerprint density at radius 2 is 1.90 bits per heavy atom. The van der Waals surface area contributed by atoms with Crippen LogP contribution in [-0.2, 0) is 25.8 Å². The molecule has 0 aliphatic carbocycles. The van der Waals surface area contributed by atoms with Crippen molar-refractivity contribution in [2.24, 2.45) is 7.05 Å². The zero-order chi connectivity index (χ0) is 21.4. The molecule has 0 atom stereocenters. The quantitative estimate of drug-likeness (QED) is 0.613. The number of benzene rings is 1. The van der Waals surface area contributed by atoms with Crippen molar-refractivity contribution >= 4 is 28.6 Å². The van der Waals surface area contributed by atoms with Gasteiger partial charge in [-0.15, -0.1) is 0 Å². The molecular formula is C22H26N6O2S. The Balaban J connectivity index is 1.20. The summed E-state index contributed by atoms with van der Waals surface area (Å²) < 4.78 is 3.37. The van der Waals surface area contributed by atoms with Gasteiger partial charge in [-0.05, 0) is 17.4 Å². The van der Waals surface area contributed by atoms with Gasteiger partial charge in [0.05, 0.1) is 17.8 Å². The maximum absolute atomic E-state index is 13.1. The molecule has 9 heteroatoms. The maximum Gasteiger partial charge on any atom is 0.275 e. The summed E-state index contributed by atoms with van der Waals surface area (Å²) in [5.74, 6) is 1.95. The first-order chi connectivity index (χ1) is 15.1. The van der Waals surface area contributed by atoms with Crippen LogP contribution in [0.25, 0.3) is 10.9 Å². The summed E-state index contributed by atoms with van der Waals surface area (Å²) in [6, 6.07) is 9.58. The fourth-order valence-corrected chi connectivity index (χ4v) is 5.30. The average Bonchev–Trinajstić information content (AvgIpc) is 3.14. The fraction of sp³-hybridized carbons (Fsp3) is 0.455. The highest BCUT2D eigenvalue weighted by molar-refractivity contribution is 7.98. The summed E-state index contributed by atoms with van der Waals surface area (Å²) in [7, 11) is 1.87. The molecule has 162 valence electrons. The minimum absolute atomic E-state index is 0.0121. The molecule has 0 N–H and O–H groups in total. The van der Waals surface area contributed by atoms with Crippen molar-refractivity contribution in [3.8, 4) is 0 Å². The number of nitrogens with zero attached hydrogens (tertiary/aromatic N) is 6. The minimum atomic E-state index is -0.0166. The Kier molecular flexibility index (Phi) is 5.54. The van der Waals surface area contributed by atoms with E-state index in [1.165, 1.54) is 0 Å². The van der Waals surface area contributed by atoms with Crippen LogP contribution in [0.2, 0.25) is 0 Å². The van der Waals surface area contributed by atoms with E-state index in [0.717, 1.165) is 59.7 Å². The van der Waals surface area contributed by atoms with Crippen LogP contribution >= 0.6 is 11.8 Å². The third kappa shape index (κ3) is 3.99. The van der Waals surface area contributed by atoms with Gasteiger partial charge in [0.25, 0.3) is 11.5 Å². The number of thioether (sulfide) groups is 1. The van der Waals surface area contributed by atoms with Crippen LogP contribution in [0.3, 0.4) is 0 Å². The van der Waals surface area contributed by atoms with Crippen molar-refractivity contribution < 1.29 is 4.79 Å². The first-order valence-corrected chi connectivity index (χ1v) is 11.9. The molecule has 0 bridgehead atoms. The first-order valence-electron chi connectivity index (χ1n) is 10.7. The summed E-state index contributed by atoms with van der Waals surface area (Å²) in [5, 5.41) is 9.97. The van der Waals surface area contributed by atoms with Crippen LogP contribution in [0.4, 0.5) is 0 Å². The highest BCUT2D eigenvalue weighted by Crippen LogP contribution is 2.21. The van der Waals surface area contributed by atoms with E-state index in [4.69, 9.17) is 0 Å². The van der Waals surface area contributed by atoms with Crippen LogP contribution < -0.4 is 5.56 Å². The number of hydrogen-bond donors (Lipinski definition) is 0. The van der Waals surface area contributed by atoms with Crippen LogP contribution in [0.1, 0.15) is 21.7 Å². The van der Waals surface area contributed by atoms with Gasteiger partial charge in [0, 0.05) is 63.4 Å². The van der Waals surface area contributed by atoms with Crippen LogP contribution in [-0.4, -0.2) is 73.7 Å². The largest absolute Gasteiger partial charge is 0.335 e. The number of amides is 1. The SMILES string of the molecule is Cn1nc(C(=O)N2CCN(CCn3nc4c(cc3=O)CSCC4)CC2)c2ccccc21. The molecule has 0 spiro atoms. The lowest BCUT2D eigenvalue weighted by Gasteiger charge is -2.34. The van der Waals surface area contributed by atoms with E-state index in [0.29, 0.717) is 25.3 Å². The lowest BCUT2D eigenvalue weighted by molar-refractivity contribution is 0.0626. The summed E-state index contributed by atoms with van der Waals surface area (Å²) in [6.45, 7) is 4.23. The number of aryl methyl sites for hydroxylation is 2. The Bertz CT molecular complexity index is 1180. The van der Waals surface area contributed by atoms with E-state index in [1.54, 1.807) is 15.4 Å². The summed E-state index contributed by atoms with van der Waals surface area (Å²) in [5.41, 5.74) is 3.63. The van der Waals surface area contributed by atoms with Crippen molar-refractivity contribution in [2.75, 3.05) is 38.5 Å². The van der Waals surface area contributed by atoms with Crippen molar-refractivity contribution in [2.45, 2.75) is 18.7 Å². The molecule has 31 heavy (non-hydrogen) atoms. The Labute approximate surface area is 184 Å².